The first-order chi connectivity index (χ1) is 9.14. The third kappa shape index (κ3) is 1.95. The molecule has 19 heavy (non-hydrogen) atoms. The summed E-state index contributed by atoms with van der Waals surface area (Å²) in [4.78, 5) is 4.02. The van der Waals surface area contributed by atoms with E-state index in [1.807, 2.05) is 12.1 Å². The molecule has 2 aromatic rings. The SMILES string of the molecule is CC1CCOC1(c1ccc(Cl)cc1Cl)n1cncn1. The Hall–Kier alpha value is -1.10. The van der Waals surface area contributed by atoms with Gasteiger partial charge in [0.2, 0.25) is 0 Å². The summed E-state index contributed by atoms with van der Waals surface area (Å²) in [6.45, 7) is 2.79. The molecule has 0 N–H and O–H groups in total. The topological polar surface area (TPSA) is 39.9 Å². The van der Waals surface area contributed by atoms with Crippen molar-refractivity contribution in [2.24, 2.45) is 5.92 Å². The lowest BCUT2D eigenvalue weighted by Gasteiger charge is -2.33. The van der Waals surface area contributed by atoms with Gasteiger partial charge < -0.3 is 4.74 Å². The molecule has 100 valence electrons. The van der Waals surface area contributed by atoms with E-state index in [-0.39, 0.29) is 5.92 Å². The van der Waals surface area contributed by atoms with E-state index in [9.17, 15) is 0 Å². The summed E-state index contributed by atoms with van der Waals surface area (Å²) in [5.41, 5.74) is 0.173. The fourth-order valence-corrected chi connectivity index (χ4v) is 3.19. The monoisotopic (exact) mass is 297 g/mol. The number of nitrogens with zero attached hydrogens (tertiary/aromatic N) is 3. The van der Waals surface area contributed by atoms with Gasteiger partial charge in [0.05, 0.1) is 11.6 Å². The van der Waals surface area contributed by atoms with Crippen LogP contribution in [0, 0.1) is 5.92 Å². The molecule has 3 rings (SSSR count). The van der Waals surface area contributed by atoms with Crippen molar-refractivity contribution in [1.29, 1.82) is 0 Å². The molecule has 1 aliphatic heterocycles. The minimum atomic E-state index is -0.696. The van der Waals surface area contributed by atoms with Crippen molar-refractivity contribution in [2.45, 2.75) is 19.1 Å². The molecule has 0 saturated carbocycles. The van der Waals surface area contributed by atoms with Gasteiger partial charge in [-0.3, -0.25) is 0 Å². The maximum atomic E-state index is 6.36. The normalized spacial score (nSPS) is 26.8. The second kappa shape index (κ2) is 4.78. The number of rotatable bonds is 2. The maximum Gasteiger partial charge on any atom is 0.192 e. The predicted molar refractivity (Wildman–Crippen MR) is 73.3 cm³/mol. The highest BCUT2D eigenvalue weighted by Crippen LogP contribution is 2.44. The van der Waals surface area contributed by atoms with Crippen molar-refractivity contribution >= 4 is 23.2 Å². The van der Waals surface area contributed by atoms with Crippen molar-refractivity contribution in [3.05, 3.63) is 46.5 Å². The smallest absolute Gasteiger partial charge is 0.192 e. The summed E-state index contributed by atoms with van der Waals surface area (Å²) in [5.74, 6) is 0.243. The van der Waals surface area contributed by atoms with Crippen LogP contribution in [0.5, 0.6) is 0 Å². The second-order valence-corrected chi connectivity index (χ2v) is 5.54. The van der Waals surface area contributed by atoms with Crippen LogP contribution in [0.25, 0.3) is 0 Å². The predicted octanol–water partition coefficient (Wildman–Crippen LogP) is 3.34. The van der Waals surface area contributed by atoms with E-state index in [0.29, 0.717) is 16.7 Å². The third-order valence-corrected chi connectivity index (χ3v) is 4.16. The van der Waals surface area contributed by atoms with E-state index in [0.717, 1.165) is 12.0 Å². The average molecular weight is 298 g/mol. The van der Waals surface area contributed by atoms with Crippen molar-refractivity contribution in [1.82, 2.24) is 14.8 Å². The molecule has 6 heteroatoms. The van der Waals surface area contributed by atoms with E-state index < -0.39 is 5.72 Å². The maximum absolute atomic E-state index is 6.36. The summed E-state index contributed by atoms with van der Waals surface area (Å²) < 4.78 is 7.77. The number of aromatic nitrogens is 3. The summed E-state index contributed by atoms with van der Waals surface area (Å²) >= 11 is 12.3. The van der Waals surface area contributed by atoms with Crippen LogP contribution in [-0.4, -0.2) is 21.4 Å². The fourth-order valence-electron chi connectivity index (χ4n) is 2.65. The molecule has 2 atom stereocenters. The number of ether oxygens (including phenoxy) is 1. The van der Waals surface area contributed by atoms with E-state index in [1.54, 1.807) is 17.1 Å². The highest BCUT2D eigenvalue weighted by atomic mass is 35.5. The van der Waals surface area contributed by atoms with Gasteiger partial charge in [-0.1, -0.05) is 36.2 Å². The quantitative estimate of drug-likeness (QED) is 0.853. The molecule has 1 aromatic heterocycles. The second-order valence-electron chi connectivity index (χ2n) is 4.70. The Balaban J connectivity index is 2.20. The van der Waals surface area contributed by atoms with Crippen molar-refractivity contribution in [3.63, 3.8) is 0 Å². The van der Waals surface area contributed by atoms with Crippen LogP contribution in [0.3, 0.4) is 0 Å². The molecule has 2 heterocycles. The van der Waals surface area contributed by atoms with Crippen molar-refractivity contribution in [2.75, 3.05) is 6.61 Å². The summed E-state index contributed by atoms with van der Waals surface area (Å²) in [6.07, 6.45) is 4.10. The minimum Gasteiger partial charge on any atom is -0.349 e. The molecule has 0 aliphatic carbocycles. The van der Waals surface area contributed by atoms with E-state index >= 15 is 0 Å². The molecule has 0 spiro atoms. The zero-order valence-corrected chi connectivity index (χ0v) is 11.9. The molecule has 0 bridgehead atoms. The highest BCUT2D eigenvalue weighted by molar-refractivity contribution is 6.35. The van der Waals surface area contributed by atoms with Crippen molar-refractivity contribution in [3.8, 4) is 0 Å². The van der Waals surface area contributed by atoms with Crippen LogP contribution in [0.15, 0.2) is 30.9 Å². The Morgan fingerprint density at radius 3 is 2.84 bits per heavy atom. The van der Waals surface area contributed by atoms with E-state index in [1.165, 1.54) is 6.33 Å². The van der Waals surface area contributed by atoms with Gasteiger partial charge >= 0.3 is 0 Å². The molecule has 2 unspecified atom stereocenters. The Morgan fingerprint density at radius 2 is 2.26 bits per heavy atom. The number of halogens is 2. The number of hydrogen-bond acceptors (Lipinski definition) is 3. The van der Waals surface area contributed by atoms with Gasteiger partial charge in [-0.25, -0.2) is 9.67 Å². The van der Waals surface area contributed by atoms with E-state index in [4.69, 9.17) is 27.9 Å². The highest BCUT2D eigenvalue weighted by Gasteiger charge is 2.47. The Labute approximate surface area is 121 Å². The van der Waals surface area contributed by atoms with Crippen LogP contribution < -0.4 is 0 Å². The summed E-state index contributed by atoms with van der Waals surface area (Å²) in [5, 5.41) is 5.43. The van der Waals surface area contributed by atoms with E-state index in [2.05, 4.69) is 17.0 Å². The Morgan fingerprint density at radius 1 is 1.42 bits per heavy atom. The lowest BCUT2D eigenvalue weighted by Crippen LogP contribution is -2.40. The van der Waals surface area contributed by atoms with Gasteiger partial charge in [0.1, 0.15) is 12.7 Å². The van der Waals surface area contributed by atoms with Gasteiger partial charge in [0.15, 0.2) is 5.72 Å². The third-order valence-electron chi connectivity index (χ3n) is 3.62. The summed E-state index contributed by atoms with van der Waals surface area (Å²) in [7, 11) is 0. The first kappa shape index (κ1) is 12.9. The van der Waals surface area contributed by atoms with Gasteiger partial charge in [0.25, 0.3) is 0 Å². The standard InChI is InChI=1S/C13H13Cl2N3O/c1-9-4-5-19-13(9,18-8-16-7-17-18)11-3-2-10(14)6-12(11)15/h2-3,6-9H,4-5H2,1H3. The molecular formula is C13H13Cl2N3O. The number of benzene rings is 1. The number of hydrogen-bond donors (Lipinski definition) is 0. The zero-order valence-electron chi connectivity index (χ0n) is 10.4. The summed E-state index contributed by atoms with van der Waals surface area (Å²) in [6, 6.07) is 5.44. The lowest BCUT2D eigenvalue weighted by atomic mass is 9.90. The molecule has 0 amide bonds. The van der Waals surface area contributed by atoms with Gasteiger partial charge in [0, 0.05) is 16.5 Å². The van der Waals surface area contributed by atoms with Crippen LogP contribution in [-0.2, 0) is 10.5 Å². The molecule has 4 nitrogen and oxygen atoms in total. The van der Waals surface area contributed by atoms with Crippen molar-refractivity contribution < 1.29 is 4.74 Å². The largest absolute Gasteiger partial charge is 0.349 e. The Kier molecular flexibility index (Phi) is 3.25. The zero-order chi connectivity index (χ0) is 13.5. The van der Waals surface area contributed by atoms with Crippen LogP contribution in [0.2, 0.25) is 10.0 Å². The fraction of sp³-hybridized carbons (Fsp3) is 0.385. The first-order valence-electron chi connectivity index (χ1n) is 6.09. The molecule has 0 radical (unpaired) electrons. The van der Waals surface area contributed by atoms with Crippen LogP contribution in [0.4, 0.5) is 0 Å². The van der Waals surface area contributed by atoms with Crippen LogP contribution in [0.1, 0.15) is 18.9 Å². The molecule has 1 saturated heterocycles. The molecular weight excluding hydrogens is 285 g/mol. The first-order valence-corrected chi connectivity index (χ1v) is 6.85. The van der Waals surface area contributed by atoms with Gasteiger partial charge in [-0.2, -0.15) is 5.10 Å². The molecule has 1 aliphatic rings. The molecule has 1 fully saturated rings. The lowest BCUT2D eigenvalue weighted by molar-refractivity contribution is -0.0588. The minimum absolute atomic E-state index is 0.243. The van der Waals surface area contributed by atoms with Gasteiger partial charge in [-0.05, 0) is 18.6 Å². The molecule has 1 aromatic carbocycles. The Bertz CT molecular complexity index is 588. The van der Waals surface area contributed by atoms with Crippen LogP contribution >= 0.6 is 23.2 Å². The average Bonchev–Trinajstić information content (AvgIpc) is 2.99. The van der Waals surface area contributed by atoms with Gasteiger partial charge in [-0.15, -0.1) is 0 Å².